The second-order valence-electron chi connectivity index (χ2n) is 6.30. The van der Waals surface area contributed by atoms with Crippen molar-refractivity contribution in [3.05, 3.63) is 62.0 Å². The predicted octanol–water partition coefficient (Wildman–Crippen LogP) is 5.65. The van der Waals surface area contributed by atoms with Crippen LogP contribution >= 0.6 is 42.3 Å². The van der Waals surface area contributed by atoms with Crippen molar-refractivity contribution in [3.63, 3.8) is 0 Å². The van der Waals surface area contributed by atoms with Crippen LogP contribution in [0, 0.1) is 6.92 Å². The van der Waals surface area contributed by atoms with Crippen LogP contribution in [-0.2, 0) is 0 Å². The largest absolute Gasteiger partial charge is 0.309 e. The monoisotopic (exact) mass is 470 g/mol. The Labute approximate surface area is 166 Å². The van der Waals surface area contributed by atoms with E-state index in [2.05, 4.69) is 65.6 Å². The Morgan fingerprint density at radius 3 is 2.79 bits per heavy atom. The molecule has 1 unspecified atom stereocenters. The number of thiazole rings is 1. The summed E-state index contributed by atoms with van der Waals surface area (Å²) in [6, 6.07) is 0. The van der Waals surface area contributed by atoms with Crippen LogP contribution in [0.15, 0.2) is 51.3 Å². The summed E-state index contributed by atoms with van der Waals surface area (Å²) in [5.74, 6) is 0.337. The molecule has 0 amide bonds. The molecule has 0 fully saturated rings. The minimum atomic E-state index is 0.337. The van der Waals surface area contributed by atoms with Crippen LogP contribution in [0.1, 0.15) is 36.4 Å². The van der Waals surface area contributed by atoms with Gasteiger partial charge in [0, 0.05) is 29.1 Å². The molecule has 0 aromatic carbocycles. The van der Waals surface area contributed by atoms with E-state index in [1.165, 1.54) is 21.7 Å². The van der Waals surface area contributed by atoms with Gasteiger partial charge in [0.25, 0.3) is 0 Å². The molecule has 2 aliphatic carbocycles. The van der Waals surface area contributed by atoms with Crippen LogP contribution in [0.4, 0.5) is 0 Å². The molecule has 1 aromatic rings. The molecule has 3 rings (SSSR count). The maximum Gasteiger partial charge on any atom is 0.100 e. The van der Waals surface area contributed by atoms with Gasteiger partial charge in [-0.05, 0) is 78.4 Å². The number of aryl methyl sites for hydroxylation is 1. The third-order valence-corrected chi connectivity index (χ3v) is 5.39. The lowest BCUT2D eigenvalue weighted by atomic mass is 9.92. The van der Waals surface area contributed by atoms with Crippen LogP contribution in [0.25, 0.3) is 0 Å². The quantitative estimate of drug-likeness (QED) is 0.340. The van der Waals surface area contributed by atoms with E-state index in [4.69, 9.17) is 4.98 Å². The molecule has 0 N–H and O–H groups in total. The number of nitrogens with zero attached hydrogens (tertiary/aromatic N) is 2. The zero-order valence-electron chi connectivity index (χ0n) is 14.6. The van der Waals surface area contributed by atoms with Crippen molar-refractivity contribution in [2.75, 3.05) is 20.6 Å². The molecule has 5 heteroatoms. The van der Waals surface area contributed by atoms with Gasteiger partial charge in [0.15, 0.2) is 0 Å². The van der Waals surface area contributed by atoms with E-state index >= 15 is 0 Å². The van der Waals surface area contributed by atoms with E-state index in [1.807, 2.05) is 27.3 Å². The fourth-order valence-corrected chi connectivity index (χ4v) is 3.97. The molecule has 128 valence electrons. The van der Waals surface area contributed by atoms with Gasteiger partial charge in [-0.1, -0.05) is 24.0 Å². The van der Waals surface area contributed by atoms with Crippen molar-refractivity contribution < 1.29 is 0 Å². The van der Waals surface area contributed by atoms with E-state index < -0.39 is 0 Å². The van der Waals surface area contributed by atoms with Crippen LogP contribution < -0.4 is 0 Å². The number of rotatable bonds is 5. The van der Waals surface area contributed by atoms with E-state index in [1.54, 1.807) is 16.9 Å². The summed E-state index contributed by atoms with van der Waals surface area (Å²) in [6.45, 7) is 5.43. The highest BCUT2D eigenvalue weighted by Crippen LogP contribution is 2.45. The molecule has 24 heavy (non-hydrogen) atoms. The molecule has 0 saturated heterocycles. The molecular formula is C19H23IN2S2. The Morgan fingerprint density at radius 1 is 1.42 bits per heavy atom. The number of allylic oxidation sites excluding steroid dienone is 5. The van der Waals surface area contributed by atoms with Gasteiger partial charge < -0.3 is 4.90 Å². The van der Waals surface area contributed by atoms with E-state index in [-0.39, 0.29) is 0 Å². The summed E-state index contributed by atoms with van der Waals surface area (Å²) in [7, 11) is 7.77. The highest BCUT2D eigenvalue weighted by molar-refractivity contribution is 14.2. The van der Waals surface area contributed by atoms with Crippen molar-refractivity contribution in [1.29, 1.82) is 0 Å². The van der Waals surface area contributed by atoms with Gasteiger partial charge in [-0.3, -0.25) is 0 Å². The van der Waals surface area contributed by atoms with Crippen LogP contribution in [0.2, 0.25) is 0 Å². The summed E-state index contributed by atoms with van der Waals surface area (Å²) in [4.78, 5) is 6.96. The highest BCUT2D eigenvalue weighted by Gasteiger charge is 2.30. The number of hydrogen-bond donors (Lipinski definition) is 1. The first-order valence-corrected chi connectivity index (χ1v) is 12.0. The van der Waals surface area contributed by atoms with Crippen molar-refractivity contribution in [1.82, 2.24) is 9.88 Å². The van der Waals surface area contributed by atoms with Gasteiger partial charge in [0.2, 0.25) is 0 Å². The molecule has 0 aliphatic heterocycles. The fourth-order valence-electron chi connectivity index (χ4n) is 3.11. The highest BCUT2D eigenvalue weighted by atomic mass is 127. The molecule has 1 aromatic heterocycles. The van der Waals surface area contributed by atoms with Crippen molar-refractivity contribution in [3.8, 4) is 0 Å². The number of halogens is 1. The molecule has 0 bridgehead atoms. The van der Waals surface area contributed by atoms with Crippen molar-refractivity contribution in [2.45, 2.75) is 32.6 Å². The van der Waals surface area contributed by atoms with Crippen molar-refractivity contribution in [2.24, 2.45) is 0 Å². The first-order valence-electron chi connectivity index (χ1n) is 7.93. The third-order valence-electron chi connectivity index (χ3n) is 4.24. The third kappa shape index (κ3) is 4.54. The van der Waals surface area contributed by atoms with Gasteiger partial charge in [0.1, 0.15) is 5.01 Å². The number of hydrogen-bond acceptors (Lipinski definition) is 4. The lowest BCUT2D eigenvalue weighted by Crippen LogP contribution is -2.14. The molecular weight excluding hydrogens is 447 g/mol. The number of fused-ring (bicyclic) bond motifs is 1. The lowest BCUT2D eigenvalue weighted by Gasteiger charge is -2.16. The SMILES string of the molecule is Cc1csc(C(C)C2=C(CCN(C)C)CC3=CC=C=C=C32)n1.SI. The summed E-state index contributed by atoms with van der Waals surface area (Å²) in [5.41, 5.74) is 13.2. The van der Waals surface area contributed by atoms with Gasteiger partial charge in [-0.25, -0.2) is 4.98 Å². The van der Waals surface area contributed by atoms with Gasteiger partial charge >= 0.3 is 0 Å². The Morgan fingerprint density at radius 2 is 2.17 bits per heavy atom. The first-order chi connectivity index (χ1) is 11.6. The molecule has 0 radical (unpaired) electrons. The minimum absolute atomic E-state index is 0.337. The van der Waals surface area contributed by atoms with E-state index in [9.17, 15) is 0 Å². The zero-order chi connectivity index (χ0) is 17.7. The van der Waals surface area contributed by atoms with Crippen molar-refractivity contribution >= 4 is 42.3 Å². The zero-order valence-corrected chi connectivity index (χ0v) is 18.4. The first kappa shape index (κ1) is 19.8. The topological polar surface area (TPSA) is 16.1 Å². The van der Waals surface area contributed by atoms with Gasteiger partial charge in [-0.2, -0.15) is 0 Å². The maximum atomic E-state index is 4.71. The fraction of sp³-hybridized carbons (Fsp3) is 0.421. The lowest BCUT2D eigenvalue weighted by molar-refractivity contribution is 0.411. The molecule has 2 nitrogen and oxygen atoms in total. The maximum absolute atomic E-state index is 4.71. The van der Waals surface area contributed by atoms with Crippen LogP contribution in [0.5, 0.6) is 0 Å². The molecule has 1 atom stereocenters. The van der Waals surface area contributed by atoms with Crippen LogP contribution in [0.3, 0.4) is 0 Å². The average molecular weight is 470 g/mol. The number of thiol groups is 1. The second-order valence-corrected chi connectivity index (χ2v) is 7.19. The Bertz CT molecular complexity index is 758. The second kappa shape index (κ2) is 9.23. The average Bonchev–Trinajstić information content (AvgIpc) is 3.17. The summed E-state index contributed by atoms with van der Waals surface area (Å²) < 4.78 is 0. The van der Waals surface area contributed by atoms with Gasteiger partial charge in [-0.15, -0.1) is 21.1 Å². The van der Waals surface area contributed by atoms with E-state index in [0.29, 0.717) is 5.92 Å². The summed E-state index contributed by atoms with van der Waals surface area (Å²) >= 11 is 3.61. The van der Waals surface area contributed by atoms with Gasteiger partial charge in [0.05, 0.1) is 0 Å². The molecule has 2 aliphatic rings. The Kier molecular flexibility index (Phi) is 7.60. The summed E-state index contributed by atoms with van der Waals surface area (Å²) in [5, 5.41) is 3.35. The summed E-state index contributed by atoms with van der Waals surface area (Å²) in [6.07, 6.45) is 6.33. The van der Waals surface area contributed by atoms with Crippen LogP contribution in [-0.4, -0.2) is 30.5 Å². The Hall–Kier alpha value is -0.550. The smallest absolute Gasteiger partial charge is 0.100 e. The Balaban J connectivity index is 0.00000100. The standard InChI is InChI=1S/C19H22N2S.HIS/c1-13-12-22-19(20-13)14(2)18-16(9-10-21(3)4)11-15-7-5-6-8-17(15)18;1-2/h5,7,12,14H,9-11H2,1-4H3;2H. The molecule has 0 spiro atoms. The normalized spacial score (nSPS) is 16.6. The number of aromatic nitrogens is 1. The predicted molar refractivity (Wildman–Crippen MR) is 116 cm³/mol. The molecule has 1 heterocycles. The van der Waals surface area contributed by atoms with E-state index in [0.717, 1.165) is 25.1 Å². The minimum Gasteiger partial charge on any atom is -0.309 e. The molecule has 0 saturated carbocycles.